The van der Waals surface area contributed by atoms with Gasteiger partial charge in [-0.2, -0.15) is 0 Å². The van der Waals surface area contributed by atoms with Gasteiger partial charge >= 0.3 is 0 Å². The number of anilines is 1. The van der Waals surface area contributed by atoms with Crippen molar-refractivity contribution in [3.63, 3.8) is 0 Å². The molecule has 0 aromatic heterocycles. The third-order valence-corrected chi connectivity index (χ3v) is 5.99. The van der Waals surface area contributed by atoms with Gasteiger partial charge in [-0.3, -0.25) is 4.99 Å². The largest absolute Gasteiger partial charge is 0.457 e. The van der Waals surface area contributed by atoms with Gasteiger partial charge in [0.05, 0.1) is 5.69 Å². The Morgan fingerprint density at radius 1 is 0.968 bits per heavy atom. The van der Waals surface area contributed by atoms with Gasteiger partial charge in [0.1, 0.15) is 11.5 Å². The number of hydrogen-bond acceptors (Lipinski definition) is 3. The van der Waals surface area contributed by atoms with Gasteiger partial charge in [0.2, 0.25) is 0 Å². The maximum atomic E-state index is 5.86. The quantitative estimate of drug-likeness (QED) is 0.401. The van der Waals surface area contributed by atoms with E-state index >= 15 is 0 Å². The van der Waals surface area contributed by atoms with Crippen LogP contribution in [0.25, 0.3) is 0 Å². The summed E-state index contributed by atoms with van der Waals surface area (Å²) in [6.07, 6.45) is 3.11. The molecule has 31 heavy (non-hydrogen) atoms. The van der Waals surface area contributed by atoms with Crippen molar-refractivity contribution in [1.82, 2.24) is 0 Å². The van der Waals surface area contributed by atoms with Crippen molar-refractivity contribution >= 4 is 17.6 Å². The molecule has 0 N–H and O–H groups in total. The topological polar surface area (TPSA) is 24.8 Å². The smallest absolute Gasteiger partial charge is 0.127 e. The molecule has 1 aliphatic heterocycles. The first-order valence-corrected chi connectivity index (χ1v) is 11.1. The standard InChI is InChI=1S/C28H32N2O/c1-20(2)30-27-16-11-22(17-26(27)21(3)18-28(30,4)5)19-29-23-12-14-25(15-13-23)31-24-9-7-6-8-10-24/h6-17,19-21H,18H2,1-5H3/t21-/m0/s1. The minimum Gasteiger partial charge on any atom is -0.457 e. The Bertz CT molecular complexity index is 1050. The Morgan fingerprint density at radius 3 is 2.32 bits per heavy atom. The average Bonchev–Trinajstić information content (AvgIpc) is 2.73. The third-order valence-electron chi connectivity index (χ3n) is 5.99. The van der Waals surface area contributed by atoms with Crippen molar-refractivity contribution in [2.24, 2.45) is 4.99 Å². The summed E-state index contributed by atoms with van der Waals surface area (Å²) in [6.45, 7) is 11.6. The van der Waals surface area contributed by atoms with Gasteiger partial charge in [-0.15, -0.1) is 0 Å². The summed E-state index contributed by atoms with van der Waals surface area (Å²) >= 11 is 0. The summed E-state index contributed by atoms with van der Waals surface area (Å²) in [5, 5.41) is 0. The minimum absolute atomic E-state index is 0.166. The minimum atomic E-state index is 0.166. The van der Waals surface area contributed by atoms with E-state index in [2.05, 4.69) is 62.7 Å². The molecular weight excluding hydrogens is 380 g/mol. The summed E-state index contributed by atoms with van der Waals surface area (Å²) in [4.78, 5) is 7.25. The molecule has 4 rings (SSSR count). The van der Waals surface area contributed by atoms with Crippen LogP contribution in [0.4, 0.5) is 11.4 Å². The lowest BCUT2D eigenvalue weighted by atomic mass is 9.79. The summed E-state index contributed by atoms with van der Waals surface area (Å²) in [5.41, 5.74) is 5.00. The number of para-hydroxylation sites is 1. The number of rotatable bonds is 5. The van der Waals surface area contributed by atoms with Gasteiger partial charge < -0.3 is 9.64 Å². The van der Waals surface area contributed by atoms with E-state index in [1.165, 1.54) is 11.3 Å². The molecule has 1 aliphatic rings. The highest BCUT2D eigenvalue weighted by molar-refractivity contribution is 5.84. The highest BCUT2D eigenvalue weighted by Gasteiger charge is 2.37. The molecule has 3 heteroatoms. The van der Waals surface area contributed by atoms with Crippen LogP contribution in [0, 0.1) is 0 Å². The van der Waals surface area contributed by atoms with E-state index in [1.54, 1.807) is 0 Å². The zero-order chi connectivity index (χ0) is 22.0. The molecule has 0 spiro atoms. The normalized spacial score (nSPS) is 17.7. The molecule has 160 valence electrons. The van der Waals surface area contributed by atoms with Crippen LogP contribution in [0.15, 0.2) is 77.8 Å². The molecule has 0 saturated heterocycles. The Kier molecular flexibility index (Phi) is 5.86. The predicted octanol–water partition coefficient (Wildman–Crippen LogP) is 7.73. The summed E-state index contributed by atoms with van der Waals surface area (Å²) in [6, 6.07) is 24.9. The first kappa shape index (κ1) is 21.2. The van der Waals surface area contributed by atoms with Gasteiger partial charge in [-0.05, 0) is 99.7 Å². The number of hydrogen-bond donors (Lipinski definition) is 0. The first-order chi connectivity index (χ1) is 14.8. The van der Waals surface area contributed by atoms with Crippen molar-refractivity contribution in [1.29, 1.82) is 0 Å². The van der Waals surface area contributed by atoms with E-state index in [4.69, 9.17) is 4.74 Å². The van der Waals surface area contributed by atoms with E-state index < -0.39 is 0 Å². The van der Waals surface area contributed by atoms with Crippen LogP contribution in [0.2, 0.25) is 0 Å². The number of benzene rings is 3. The zero-order valence-corrected chi connectivity index (χ0v) is 19.2. The molecule has 0 radical (unpaired) electrons. The molecular formula is C28H32N2O. The Morgan fingerprint density at radius 2 is 1.65 bits per heavy atom. The maximum absolute atomic E-state index is 5.86. The number of aliphatic imine (C=N–C) groups is 1. The molecule has 0 aliphatic carbocycles. The molecule has 3 aromatic rings. The SMILES string of the molecule is CC(C)N1c2ccc(C=Nc3ccc(Oc4ccccc4)cc3)cc2[C@@H](C)CC1(C)C. The van der Waals surface area contributed by atoms with Gasteiger partial charge in [0.15, 0.2) is 0 Å². The molecule has 3 aromatic carbocycles. The second-order valence-electron chi connectivity index (χ2n) is 9.37. The molecule has 0 saturated carbocycles. The molecule has 1 atom stereocenters. The summed E-state index contributed by atoms with van der Waals surface area (Å²) < 4.78 is 5.86. The average molecular weight is 413 g/mol. The number of nitrogens with zero attached hydrogens (tertiary/aromatic N) is 2. The van der Waals surface area contributed by atoms with Crippen LogP contribution in [-0.4, -0.2) is 17.8 Å². The number of fused-ring (bicyclic) bond motifs is 1. The van der Waals surface area contributed by atoms with Crippen LogP contribution in [0.5, 0.6) is 11.5 Å². The summed E-state index contributed by atoms with van der Waals surface area (Å²) in [5.74, 6) is 2.17. The second kappa shape index (κ2) is 8.58. The lowest BCUT2D eigenvalue weighted by Crippen LogP contribution is -2.51. The van der Waals surface area contributed by atoms with Crippen molar-refractivity contribution < 1.29 is 4.74 Å². The van der Waals surface area contributed by atoms with Crippen molar-refractivity contribution in [2.75, 3.05) is 4.90 Å². The molecule has 1 heterocycles. The van der Waals surface area contributed by atoms with E-state index in [-0.39, 0.29) is 5.54 Å². The fraction of sp³-hybridized carbons (Fsp3) is 0.321. The van der Waals surface area contributed by atoms with E-state index in [9.17, 15) is 0 Å². The van der Waals surface area contributed by atoms with Crippen LogP contribution < -0.4 is 9.64 Å². The molecule has 0 amide bonds. The van der Waals surface area contributed by atoms with Crippen molar-refractivity contribution in [3.8, 4) is 11.5 Å². The third kappa shape index (κ3) is 4.66. The molecule has 0 bridgehead atoms. The van der Waals surface area contributed by atoms with E-state index in [0.717, 1.165) is 29.2 Å². The molecule has 3 nitrogen and oxygen atoms in total. The van der Waals surface area contributed by atoms with Crippen molar-refractivity contribution in [2.45, 2.75) is 58.5 Å². The fourth-order valence-corrected chi connectivity index (χ4v) is 4.90. The van der Waals surface area contributed by atoms with Crippen LogP contribution in [0.3, 0.4) is 0 Å². The van der Waals surface area contributed by atoms with Crippen LogP contribution >= 0.6 is 0 Å². The number of ether oxygens (including phenoxy) is 1. The Balaban J connectivity index is 1.52. The fourth-order valence-electron chi connectivity index (χ4n) is 4.90. The maximum Gasteiger partial charge on any atom is 0.127 e. The monoisotopic (exact) mass is 412 g/mol. The Hall–Kier alpha value is -3.07. The zero-order valence-electron chi connectivity index (χ0n) is 19.2. The highest BCUT2D eigenvalue weighted by atomic mass is 16.5. The second-order valence-corrected chi connectivity index (χ2v) is 9.37. The predicted molar refractivity (Wildman–Crippen MR) is 131 cm³/mol. The first-order valence-electron chi connectivity index (χ1n) is 11.1. The van der Waals surface area contributed by atoms with Crippen molar-refractivity contribution in [3.05, 3.63) is 83.9 Å². The van der Waals surface area contributed by atoms with E-state index in [1.807, 2.05) is 60.8 Å². The molecule has 0 unspecified atom stereocenters. The Labute approximate surface area is 186 Å². The van der Waals surface area contributed by atoms with Gasteiger partial charge in [-0.1, -0.05) is 31.2 Å². The van der Waals surface area contributed by atoms with Gasteiger partial charge in [0.25, 0.3) is 0 Å². The lowest BCUT2D eigenvalue weighted by Gasteiger charge is -2.50. The van der Waals surface area contributed by atoms with E-state index in [0.29, 0.717) is 12.0 Å². The van der Waals surface area contributed by atoms with Crippen LogP contribution in [-0.2, 0) is 0 Å². The van der Waals surface area contributed by atoms with Gasteiger partial charge in [-0.25, -0.2) is 0 Å². The summed E-state index contributed by atoms with van der Waals surface area (Å²) in [7, 11) is 0. The van der Waals surface area contributed by atoms with Crippen LogP contribution in [0.1, 0.15) is 58.1 Å². The molecule has 0 fully saturated rings. The van der Waals surface area contributed by atoms with Gasteiger partial charge in [0, 0.05) is 23.5 Å². The lowest BCUT2D eigenvalue weighted by molar-refractivity contribution is 0.356. The highest BCUT2D eigenvalue weighted by Crippen LogP contribution is 2.44.